The fourth-order valence-electron chi connectivity index (χ4n) is 2.58. The number of carboxylic acid groups (broad SMARTS) is 1. The van der Waals surface area contributed by atoms with E-state index in [0.717, 1.165) is 25.7 Å². The first-order chi connectivity index (χ1) is 11.5. The predicted molar refractivity (Wildman–Crippen MR) is 91.0 cm³/mol. The van der Waals surface area contributed by atoms with Gasteiger partial charge in [0.25, 0.3) is 5.91 Å². The van der Waals surface area contributed by atoms with Crippen LogP contribution in [0.5, 0.6) is 0 Å². The van der Waals surface area contributed by atoms with E-state index in [2.05, 4.69) is 5.32 Å². The van der Waals surface area contributed by atoms with Crippen molar-refractivity contribution < 1.29 is 19.5 Å². The standard InChI is InChI=1S/C18H24N2O4/c1-3-4-8-14(18(23)24)19-16(21)13-7-5-6-9-15(13)20(2)17(22)12-10-11-12/h5-7,9,12,14H,3-4,8,10-11H2,1-2H3,(H,19,21)(H,23,24). The van der Waals surface area contributed by atoms with E-state index >= 15 is 0 Å². The normalized spacial score (nSPS) is 14.8. The van der Waals surface area contributed by atoms with E-state index in [1.165, 1.54) is 4.90 Å². The summed E-state index contributed by atoms with van der Waals surface area (Å²) in [5.41, 5.74) is 0.822. The van der Waals surface area contributed by atoms with Gasteiger partial charge >= 0.3 is 5.97 Å². The fraction of sp³-hybridized carbons (Fsp3) is 0.500. The van der Waals surface area contributed by atoms with Crippen molar-refractivity contribution in [3.8, 4) is 0 Å². The third-order valence-corrected chi connectivity index (χ3v) is 4.22. The number of amides is 2. The lowest BCUT2D eigenvalue weighted by Gasteiger charge is -2.21. The first-order valence-electron chi connectivity index (χ1n) is 8.36. The molecule has 1 fully saturated rings. The quantitative estimate of drug-likeness (QED) is 0.765. The molecule has 0 saturated heterocycles. The highest BCUT2D eigenvalue weighted by atomic mass is 16.4. The molecule has 0 radical (unpaired) electrons. The maximum atomic E-state index is 12.5. The molecule has 0 aromatic heterocycles. The molecule has 2 amide bonds. The van der Waals surface area contributed by atoms with Crippen molar-refractivity contribution in [2.45, 2.75) is 45.1 Å². The summed E-state index contributed by atoms with van der Waals surface area (Å²) in [6, 6.07) is 5.86. The van der Waals surface area contributed by atoms with Gasteiger partial charge in [0.05, 0.1) is 11.3 Å². The van der Waals surface area contributed by atoms with Gasteiger partial charge in [0.2, 0.25) is 5.91 Å². The molecule has 1 aromatic rings. The lowest BCUT2D eigenvalue weighted by molar-refractivity contribution is -0.139. The van der Waals surface area contributed by atoms with E-state index in [4.69, 9.17) is 0 Å². The highest BCUT2D eigenvalue weighted by Gasteiger charge is 2.33. The topological polar surface area (TPSA) is 86.7 Å². The zero-order valence-electron chi connectivity index (χ0n) is 14.1. The summed E-state index contributed by atoms with van der Waals surface area (Å²) in [5.74, 6) is -1.47. The van der Waals surface area contributed by atoms with Gasteiger partial charge in [-0.2, -0.15) is 0 Å². The molecule has 2 rings (SSSR count). The number of nitrogens with one attached hydrogen (secondary N) is 1. The van der Waals surface area contributed by atoms with Gasteiger partial charge in [-0.1, -0.05) is 31.9 Å². The Kier molecular flexibility index (Phi) is 5.95. The van der Waals surface area contributed by atoms with Crippen molar-refractivity contribution in [1.82, 2.24) is 5.32 Å². The van der Waals surface area contributed by atoms with Crippen LogP contribution in [0.25, 0.3) is 0 Å². The largest absolute Gasteiger partial charge is 0.480 e. The van der Waals surface area contributed by atoms with E-state index in [1.807, 2.05) is 6.92 Å². The molecule has 1 saturated carbocycles. The summed E-state index contributed by atoms with van der Waals surface area (Å²) in [6.45, 7) is 1.97. The molecule has 1 unspecified atom stereocenters. The number of benzene rings is 1. The van der Waals surface area contributed by atoms with Crippen LogP contribution in [0.4, 0.5) is 5.69 Å². The molecule has 24 heavy (non-hydrogen) atoms. The molecular formula is C18H24N2O4. The van der Waals surface area contributed by atoms with Gasteiger partial charge in [0.1, 0.15) is 6.04 Å². The third-order valence-electron chi connectivity index (χ3n) is 4.22. The maximum absolute atomic E-state index is 12.5. The summed E-state index contributed by atoms with van der Waals surface area (Å²) in [7, 11) is 1.65. The van der Waals surface area contributed by atoms with Crippen molar-refractivity contribution in [3.05, 3.63) is 29.8 Å². The number of nitrogens with zero attached hydrogens (tertiary/aromatic N) is 1. The zero-order valence-corrected chi connectivity index (χ0v) is 14.1. The molecule has 0 heterocycles. The molecule has 0 spiro atoms. The lowest BCUT2D eigenvalue weighted by atomic mass is 10.1. The molecule has 1 atom stereocenters. The van der Waals surface area contributed by atoms with E-state index in [9.17, 15) is 19.5 Å². The SMILES string of the molecule is CCCCC(NC(=O)c1ccccc1N(C)C(=O)C1CC1)C(=O)O. The number of carbonyl (C=O) groups is 3. The van der Waals surface area contributed by atoms with Gasteiger partial charge in [0, 0.05) is 13.0 Å². The number of rotatable bonds is 8. The van der Waals surface area contributed by atoms with Gasteiger partial charge in [-0.05, 0) is 31.4 Å². The first-order valence-corrected chi connectivity index (χ1v) is 8.36. The molecule has 6 nitrogen and oxygen atoms in total. The summed E-state index contributed by atoms with van der Waals surface area (Å²) in [6.07, 6.45) is 3.73. The number of aliphatic carboxylic acids is 1. The second kappa shape index (κ2) is 7.95. The minimum Gasteiger partial charge on any atom is -0.480 e. The maximum Gasteiger partial charge on any atom is 0.326 e. The lowest BCUT2D eigenvalue weighted by Crippen LogP contribution is -2.41. The van der Waals surface area contributed by atoms with Crippen LogP contribution in [0.3, 0.4) is 0 Å². The van der Waals surface area contributed by atoms with Crippen molar-refractivity contribution in [2.75, 3.05) is 11.9 Å². The van der Waals surface area contributed by atoms with Crippen molar-refractivity contribution in [2.24, 2.45) is 5.92 Å². The molecule has 0 aliphatic heterocycles. The third kappa shape index (κ3) is 4.34. The molecule has 1 aromatic carbocycles. The summed E-state index contributed by atoms with van der Waals surface area (Å²) in [4.78, 5) is 37.6. The molecule has 1 aliphatic carbocycles. The number of hydrogen-bond donors (Lipinski definition) is 2. The minimum atomic E-state index is -1.04. The number of carbonyl (C=O) groups excluding carboxylic acids is 2. The van der Waals surface area contributed by atoms with Gasteiger partial charge in [-0.3, -0.25) is 9.59 Å². The Morgan fingerprint density at radius 2 is 1.96 bits per heavy atom. The molecule has 6 heteroatoms. The Hall–Kier alpha value is -2.37. The van der Waals surface area contributed by atoms with Gasteiger partial charge in [-0.25, -0.2) is 4.79 Å². The summed E-state index contributed by atoms with van der Waals surface area (Å²) in [5, 5.41) is 11.8. The first kappa shape index (κ1) is 18.0. The summed E-state index contributed by atoms with van der Waals surface area (Å²) < 4.78 is 0. The van der Waals surface area contributed by atoms with Crippen LogP contribution in [0.1, 0.15) is 49.4 Å². The van der Waals surface area contributed by atoms with Crippen LogP contribution < -0.4 is 10.2 Å². The number of para-hydroxylation sites is 1. The average Bonchev–Trinajstić information content (AvgIpc) is 3.41. The van der Waals surface area contributed by atoms with E-state index in [-0.39, 0.29) is 11.8 Å². The number of carboxylic acids is 1. The van der Waals surface area contributed by atoms with Crippen LogP contribution in [-0.2, 0) is 9.59 Å². The highest BCUT2D eigenvalue weighted by molar-refractivity contribution is 6.06. The van der Waals surface area contributed by atoms with Crippen LogP contribution in [-0.4, -0.2) is 36.0 Å². The molecule has 1 aliphatic rings. The minimum absolute atomic E-state index is 0.00369. The van der Waals surface area contributed by atoms with Gasteiger partial charge in [-0.15, -0.1) is 0 Å². The van der Waals surface area contributed by atoms with E-state index in [0.29, 0.717) is 17.7 Å². The Labute approximate surface area is 141 Å². The van der Waals surface area contributed by atoms with Crippen LogP contribution in [0, 0.1) is 5.92 Å². The average molecular weight is 332 g/mol. The predicted octanol–water partition coefficient (Wildman–Crippen LogP) is 2.43. The second-order valence-electron chi connectivity index (χ2n) is 6.20. The fourth-order valence-corrected chi connectivity index (χ4v) is 2.58. The van der Waals surface area contributed by atoms with Gasteiger partial charge in [0.15, 0.2) is 0 Å². The van der Waals surface area contributed by atoms with Crippen LogP contribution >= 0.6 is 0 Å². The zero-order chi connectivity index (χ0) is 17.7. The van der Waals surface area contributed by atoms with Crippen molar-refractivity contribution >= 4 is 23.5 Å². The highest BCUT2D eigenvalue weighted by Crippen LogP contribution is 2.33. The Bertz CT molecular complexity index is 625. The molecule has 2 N–H and O–H groups in total. The van der Waals surface area contributed by atoms with Gasteiger partial charge < -0.3 is 15.3 Å². The van der Waals surface area contributed by atoms with E-state index in [1.54, 1.807) is 31.3 Å². The van der Waals surface area contributed by atoms with Crippen LogP contribution in [0.15, 0.2) is 24.3 Å². The second-order valence-corrected chi connectivity index (χ2v) is 6.20. The van der Waals surface area contributed by atoms with Crippen LogP contribution in [0.2, 0.25) is 0 Å². The Morgan fingerprint density at radius 3 is 2.54 bits per heavy atom. The van der Waals surface area contributed by atoms with E-state index < -0.39 is 17.9 Å². The van der Waals surface area contributed by atoms with Crippen molar-refractivity contribution in [3.63, 3.8) is 0 Å². The number of hydrogen-bond acceptors (Lipinski definition) is 3. The molecular weight excluding hydrogens is 308 g/mol. The Morgan fingerprint density at radius 1 is 1.29 bits per heavy atom. The number of anilines is 1. The Balaban J connectivity index is 2.16. The summed E-state index contributed by atoms with van der Waals surface area (Å²) >= 11 is 0. The monoisotopic (exact) mass is 332 g/mol. The van der Waals surface area contributed by atoms with Crippen molar-refractivity contribution in [1.29, 1.82) is 0 Å². The molecule has 130 valence electrons. The number of unbranched alkanes of at least 4 members (excludes halogenated alkanes) is 1. The smallest absolute Gasteiger partial charge is 0.326 e. The molecule has 0 bridgehead atoms.